The van der Waals surface area contributed by atoms with E-state index in [0.29, 0.717) is 42.9 Å². The number of halogens is 2. The van der Waals surface area contributed by atoms with Crippen molar-refractivity contribution in [3.05, 3.63) is 23.8 Å². The molecule has 0 saturated carbocycles. The topological polar surface area (TPSA) is 58.1 Å². The number of nitrogens with zero attached hydrogens (tertiary/aromatic N) is 2. The normalized spacial score (nSPS) is 20.7. The van der Waals surface area contributed by atoms with Crippen molar-refractivity contribution in [3.63, 3.8) is 0 Å². The summed E-state index contributed by atoms with van der Waals surface area (Å²) in [6.07, 6.45) is 0. The van der Waals surface area contributed by atoms with E-state index in [4.69, 9.17) is 4.74 Å². The lowest BCUT2D eigenvalue weighted by molar-refractivity contribution is -0.0514. The van der Waals surface area contributed by atoms with E-state index in [9.17, 15) is 8.78 Å². The number of benzene rings is 1. The molecule has 28 heavy (non-hydrogen) atoms. The third-order valence-electron chi connectivity index (χ3n) is 4.90. The van der Waals surface area contributed by atoms with Crippen molar-refractivity contribution < 1.29 is 18.3 Å². The average molecular weight is 398 g/mol. The smallest absolute Gasteiger partial charge is 0.387 e. The molecular formula is C20H32F2N4O2. The number of ether oxygens (including phenoxy) is 2. The Morgan fingerprint density at radius 3 is 2.61 bits per heavy atom. The monoisotopic (exact) mass is 398 g/mol. The van der Waals surface area contributed by atoms with E-state index in [2.05, 4.69) is 46.0 Å². The zero-order valence-corrected chi connectivity index (χ0v) is 17.3. The average Bonchev–Trinajstić information content (AvgIpc) is 3.01. The van der Waals surface area contributed by atoms with Gasteiger partial charge in [-0.3, -0.25) is 9.89 Å². The molecule has 6 nitrogen and oxygen atoms in total. The molecule has 2 atom stereocenters. The second-order valence-corrected chi connectivity index (χ2v) is 7.29. The van der Waals surface area contributed by atoms with Crippen LogP contribution in [0.25, 0.3) is 0 Å². The highest BCUT2D eigenvalue weighted by atomic mass is 19.3. The molecule has 1 aromatic rings. The lowest BCUT2D eigenvalue weighted by Gasteiger charge is -2.22. The maximum atomic E-state index is 12.5. The van der Waals surface area contributed by atoms with Crippen LogP contribution < -0.4 is 20.1 Å². The number of aliphatic imine (C=N–C) groups is 1. The second-order valence-electron chi connectivity index (χ2n) is 7.29. The first kappa shape index (κ1) is 22.2. The zero-order chi connectivity index (χ0) is 20.7. The number of nitrogens with one attached hydrogen (secondary N) is 2. The molecule has 1 fully saturated rings. The van der Waals surface area contributed by atoms with Gasteiger partial charge in [-0.1, -0.05) is 13.0 Å². The summed E-state index contributed by atoms with van der Waals surface area (Å²) in [4.78, 5) is 6.76. The summed E-state index contributed by atoms with van der Waals surface area (Å²) in [7, 11) is 1.74. The lowest BCUT2D eigenvalue weighted by Crippen LogP contribution is -2.46. The number of likely N-dealkylation sites (tertiary alicyclic amines) is 1. The number of rotatable bonds is 8. The van der Waals surface area contributed by atoms with Crippen LogP contribution in [0.4, 0.5) is 8.78 Å². The van der Waals surface area contributed by atoms with Gasteiger partial charge in [0.15, 0.2) is 17.5 Å². The van der Waals surface area contributed by atoms with E-state index in [1.807, 2.05) is 0 Å². The Labute approximate surface area is 166 Å². The van der Waals surface area contributed by atoms with E-state index in [1.165, 1.54) is 6.07 Å². The molecule has 1 saturated heterocycles. The quantitative estimate of drug-likeness (QED) is 0.521. The molecule has 1 heterocycles. The summed E-state index contributed by atoms with van der Waals surface area (Å²) in [6, 6.07) is 5.80. The highest BCUT2D eigenvalue weighted by Crippen LogP contribution is 2.29. The minimum atomic E-state index is -2.88. The van der Waals surface area contributed by atoms with E-state index >= 15 is 0 Å². The van der Waals surface area contributed by atoms with Crippen LogP contribution in [0.1, 0.15) is 33.3 Å². The molecule has 1 aromatic carbocycles. The summed E-state index contributed by atoms with van der Waals surface area (Å²) in [5.74, 6) is 1.59. The van der Waals surface area contributed by atoms with Crippen LogP contribution in [0.3, 0.4) is 0 Å². The van der Waals surface area contributed by atoms with E-state index in [1.54, 1.807) is 26.1 Å². The third-order valence-corrected chi connectivity index (χ3v) is 4.90. The standard InChI is InChI=1S/C20H32F2N4O2/c1-6-27-18-9-15(7-8-17(18)28-19(21)22)10-24-20(23-5)25-16-12-26(13(2)3)11-14(16)4/h7-9,13-14,16,19H,6,10-12H2,1-5H3,(H2,23,24,25). The van der Waals surface area contributed by atoms with Crippen LogP contribution in [0.5, 0.6) is 11.5 Å². The molecule has 0 aromatic heterocycles. The largest absolute Gasteiger partial charge is 0.490 e. The van der Waals surface area contributed by atoms with Gasteiger partial charge >= 0.3 is 6.61 Å². The fourth-order valence-electron chi connectivity index (χ4n) is 3.29. The van der Waals surface area contributed by atoms with Gasteiger partial charge in [-0.05, 0) is 44.4 Å². The Balaban J connectivity index is 1.96. The number of guanidine groups is 1. The molecule has 0 amide bonds. The maximum absolute atomic E-state index is 12.5. The summed E-state index contributed by atoms with van der Waals surface area (Å²) in [6.45, 7) is 8.47. The van der Waals surface area contributed by atoms with Crippen LogP contribution >= 0.6 is 0 Å². The number of hydrogen-bond acceptors (Lipinski definition) is 4. The molecule has 8 heteroatoms. The Morgan fingerprint density at radius 2 is 2.04 bits per heavy atom. The van der Waals surface area contributed by atoms with Gasteiger partial charge in [0.1, 0.15) is 0 Å². The predicted molar refractivity (Wildman–Crippen MR) is 107 cm³/mol. The van der Waals surface area contributed by atoms with Crippen LogP contribution in [-0.4, -0.2) is 56.3 Å². The lowest BCUT2D eigenvalue weighted by atomic mass is 10.1. The Kier molecular flexibility index (Phi) is 8.29. The molecule has 1 aliphatic heterocycles. The minimum absolute atomic E-state index is 0.0386. The predicted octanol–water partition coefficient (Wildman–Crippen LogP) is 3.08. The first-order valence-electron chi connectivity index (χ1n) is 9.75. The second kappa shape index (κ2) is 10.5. The highest BCUT2D eigenvalue weighted by molar-refractivity contribution is 5.80. The van der Waals surface area contributed by atoms with Crippen molar-refractivity contribution in [1.29, 1.82) is 0 Å². The Morgan fingerprint density at radius 1 is 1.29 bits per heavy atom. The fraction of sp³-hybridized carbons (Fsp3) is 0.650. The summed E-state index contributed by atoms with van der Waals surface area (Å²) in [5, 5.41) is 6.77. The maximum Gasteiger partial charge on any atom is 0.387 e. The van der Waals surface area contributed by atoms with Gasteiger partial charge in [0.25, 0.3) is 0 Å². The first-order chi connectivity index (χ1) is 13.3. The van der Waals surface area contributed by atoms with Crippen molar-refractivity contribution in [2.45, 2.75) is 52.9 Å². The van der Waals surface area contributed by atoms with Gasteiger partial charge < -0.3 is 20.1 Å². The van der Waals surface area contributed by atoms with Crippen molar-refractivity contribution in [3.8, 4) is 11.5 Å². The Bertz CT molecular complexity index is 655. The molecule has 0 spiro atoms. The summed E-state index contributed by atoms with van der Waals surface area (Å²) >= 11 is 0. The molecule has 2 rings (SSSR count). The molecule has 0 aliphatic carbocycles. The first-order valence-corrected chi connectivity index (χ1v) is 9.75. The molecular weight excluding hydrogens is 366 g/mol. The fourth-order valence-corrected chi connectivity index (χ4v) is 3.29. The van der Waals surface area contributed by atoms with Crippen molar-refractivity contribution >= 4 is 5.96 Å². The van der Waals surface area contributed by atoms with Crippen molar-refractivity contribution in [2.24, 2.45) is 10.9 Å². The summed E-state index contributed by atoms with van der Waals surface area (Å²) in [5.41, 5.74) is 0.885. The van der Waals surface area contributed by atoms with Gasteiger partial charge in [-0.25, -0.2) is 0 Å². The van der Waals surface area contributed by atoms with Gasteiger partial charge in [0, 0.05) is 38.8 Å². The van der Waals surface area contributed by atoms with Crippen molar-refractivity contribution in [2.75, 3.05) is 26.7 Å². The molecule has 0 radical (unpaired) electrons. The highest BCUT2D eigenvalue weighted by Gasteiger charge is 2.31. The number of alkyl halides is 2. The molecule has 158 valence electrons. The molecule has 2 unspecified atom stereocenters. The SMILES string of the molecule is CCOc1cc(CNC(=NC)NC2CN(C(C)C)CC2C)ccc1OC(F)F. The van der Waals surface area contributed by atoms with Gasteiger partial charge in [0.2, 0.25) is 0 Å². The van der Waals surface area contributed by atoms with Gasteiger partial charge in [-0.15, -0.1) is 0 Å². The van der Waals surface area contributed by atoms with E-state index in [0.717, 1.165) is 18.7 Å². The minimum Gasteiger partial charge on any atom is -0.490 e. The van der Waals surface area contributed by atoms with Crippen LogP contribution in [0.15, 0.2) is 23.2 Å². The van der Waals surface area contributed by atoms with E-state index < -0.39 is 6.61 Å². The van der Waals surface area contributed by atoms with E-state index in [-0.39, 0.29) is 5.75 Å². The molecule has 1 aliphatic rings. The molecule has 2 N–H and O–H groups in total. The van der Waals surface area contributed by atoms with Crippen molar-refractivity contribution in [1.82, 2.24) is 15.5 Å². The zero-order valence-electron chi connectivity index (χ0n) is 17.3. The van der Waals surface area contributed by atoms with Gasteiger partial charge in [0.05, 0.1) is 6.61 Å². The molecule has 0 bridgehead atoms. The number of hydrogen-bond donors (Lipinski definition) is 2. The van der Waals surface area contributed by atoms with Crippen LogP contribution in [0, 0.1) is 5.92 Å². The Hall–Kier alpha value is -2.09. The summed E-state index contributed by atoms with van der Waals surface area (Å²) < 4.78 is 35.0. The third kappa shape index (κ3) is 6.22. The van der Waals surface area contributed by atoms with Gasteiger partial charge in [-0.2, -0.15) is 8.78 Å². The van der Waals surface area contributed by atoms with Crippen LogP contribution in [-0.2, 0) is 6.54 Å². The van der Waals surface area contributed by atoms with Crippen LogP contribution in [0.2, 0.25) is 0 Å².